The summed E-state index contributed by atoms with van der Waals surface area (Å²) in [5.74, 6) is 1.23. The molecule has 2 aromatic heterocycles. The highest BCUT2D eigenvalue weighted by atomic mass is 15.4. The van der Waals surface area contributed by atoms with E-state index in [0.717, 1.165) is 5.69 Å². The van der Waals surface area contributed by atoms with Gasteiger partial charge in [-0.25, -0.2) is 9.67 Å². The van der Waals surface area contributed by atoms with Gasteiger partial charge in [0.1, 0.15) is 6.33 Å². The predicted octanol–water partition coefficient (Wildman–Crippen LogP) is -0.176. The fourth-order valence-electron chi connectivity index (χ4n) is 1.02. The molecule has 2 rings (SSSR count). The molecule has 2 N–H and O–H groups in total. The minimum atomic E-state index is 0.326. The van der Waals surface area contributed by atoms with Crippen molar-refractivity contribution in [3.05, 3.63) is 30.0 Å². The maximum absolute atomic E-state index is 5.39. The second-order valence-electron chi connectivity index (χ2n) is 2.84. The monoisotopic (exact) mass is 190 g/mol. The molecule has 0 aliphatic carbocycles. The van der Waals surface area contributed by atoms with Crippen LogP contribution < -0.4 is 5.73 Å². The number of nitrogens with zero attached hydrogens (tertiary/aromatic N) is 5. The third-order valence-corrected chi connectivity index (χ3v) is 1.74. The Hall–Kier alpha value is -1.82. The zero-order chi connectivity index (χ0) is 9.97. The standard InChI is InChI=1S/C8H10N6/c1-6-2-3-8(12-11-6)14-5-10-7(4-9)13-14/h2-3,5H,4,9H2,1H3. The lowest BCUT2D eigenvalue weighted by Gasteiger charge is -1.97. The largest absolute Gasteiger partial charge is 0.324 e. The Kier molecular flexibility index (Phi) is 2.19. The third kappa shape index (κ3) is 1.60. The van der Waals surface area contributed by atoms with E-state index >= 15 is 0 Å². The molecule has 0 aliphatic heterocycles. The summed E-state index contributed by atoms with van der Waals surface area (Å²) in [6.07, 6.45) is 1.57. The molecule has 6 heteroatoms. The van der Waals surface area contributed by atoms with E-state index in [1.165, 1.54) is 0 Å². The molecule has 0 aliphatic rings. The summed E-state index contributed by atoms with van der Waals surface area (Å²) in [5.41, 5.74) is 6.26. The minimum absolute atomic E-state index is 0.326. The van der Waals surface area contributed by atoms with Crippen LogP contribution in [0.3, 0.4) is 0 Å². The molecular formula is C8H10N6. The molecule has 0 fully saturated rings. The summed E-state index contributed by atoms with van der Waals surface area (Å²) in [5, 5.41) is 12.0. The fraction of sp³-hybridized carbons (Fsp3) is 0.250. The molecule has 0 bridgehead atoms. The van der Waals surface area contributed by atoms with Gasteiger partial charge in [-0.1, -0.05) is 0 Å². The average molecular weight is 190 g/mol. The normalized spacial score (nSPS) is 10.4. The van der Waals surface area contributed by atoms with Gasteiger partial charge in [0.15, 0.2) is 11.6 Å². The van der Waals surface area contributed by atoms with E-state index in [0.29, 0.717) is 18.2 Å². The highest BCUT2D eigenvalue weighted by Crippen LogP contribution is 2.00. The number of aryl methyl sites for hydroxylation is 1. The van der Waals surface area contributed by atoms with E-state index in [2.05, 4.69) is 20.3 Å². The van der Waals surface area contributed by atoms with Crippen LogP contribution in [-0.4, -0.2) is 25.0 Å². The Morgan fingerprint density at radius 2 is 2.21 bits per heavy atom. The van der Waals surface area contributed by atoms with Crippen molar-refractivity contribution in [3.63, 3.8) is 0 Å². The van der Waals surface area contributed by atoms with Crippen LogP contribution >= 0.6 is 0 Å². The van der Waals surface area contributed by atoms with Crippen LogP contribution in [0.1, 0.15) is 11.5 Å². The van der Waals surface area contributed by atoms with Gasteiger partial charge in [-0.3, -0.25) is 0 Å². The zero-order valence-electron chi connectivity index (χ0n) is 7.75. The molecule has 72 valence electrons. The summed E-state index contributed by atoms with van der Waals surface area (Å²) < 4.78 is 1.55. The molecule has 0 saturated heterocycles. The van der Waals surface area contributed by atoms with Gasteiger partial charge in [0.05, 0.1) is 12.2 Å². The van der Waals surface area contributed by atoms with Gasteiger partial charge in [-0.05, 0) is 19.1 Å². The Morgan fingerprint density at radius 1 is 1.36 bits per heavy atom. The first kappa shape index (κ1) is 8.76. The maximum atomic E-state index is 5.39. The van der Waals surface area contributed by atoms with Crippen LogP contribution in [0.25, 0.3) is 5.82 Å². The summed E-state index contributed by atoms with van der Waals surface area (Å²) in [4.78, 5) is 3.99. The van der Waals surface area contributed by atoms with Gasteiger partial charge in [0, 0.05) is 0 Å². The van der Waals surface area contributed by atoms with E-state index in [1.54, 1.807) is 11.0 Å². The molecule has 0 atom stereocenters. The van der Waals surface area contributed by atoms with Crippen molar-refractivity contribution < 1.29 is 0 Å². The van der Waals surface area contributed by atoms with Gasteiger partial charge in [0.25, 0.3) is 0 Å². The van der Waals surface area contributed by atoms with Crippen molar-refractivity contribution in [1.82, 2.24) is 25.0 Å². The second kappa shape index (κ2) is 3.51. The maximum Gasteiger partial charge on any atom is 0.177 e. The molecule has 0 spiro atoms. The predicted molar refractivity (Wildman–Crippen MR) is 49.6 cm³/mol. The number of hydrogen-bond acceptors (Lipinski definition) is 5. The van der Waals surface area contributed by atoms with Crippen molar-refractivity contribution in [2.75, 3.05) is 0 Å². The van der Waals surface area contributed by atoms with Crippen molar-refractivity contribution in [2.24, 2.45) is 5.73 Å². The van der Waals surface area contributed by atoms with Crippen LogP contribution in [0.15, 0.2) is 18.5 Å². The topological polar surface area (TPSA) is 82.5 Å². The SMILES string of the molecule is Cc1ccc(-n2cnc(CN)n2)nn1. The smallest absolute Gasteiger partial charge is 0.177 e. The van der Waals surface area contributed by atoms with E-state index in [-0.39, 0.29) is 0 Å². The van der Waals surface area contributed by atoms with Gasteiger partial charge >= 0.3 is 0 Å². The van der Waals surface area contributed by atoms with Gasteiger partial charge in [0.2, 0.25) is 0 Å². The lowest BCUT2D eigenvalue weighted by molar-refractivity contribution is 0.782. The van der Waals surface area contributed by atoms with Crippen molar-refractivity contribution in [2.45, 2.75) is 13.5 Å². The van der Waals surface area contributed by atoms with Crippen molar-refractivity contribution >= 4 is 0 Å². The molecule has 0 unspecified atom stereocenters. The summed E-state index contributed by atoms with van der Waals surface area (Å²) in [7, 11) is 0. The quantitative estimate of drug-likeness (QED) is 0.710. The van der Waals surface area contributed by atoms with E-state index in [9.17, 15) is 0 Å². The molecule has 0 amide bonds. The molecule has 0 saturated carbocycles. The molecule has 2 heterocycles. The third-order valence-electron chi connectivity index (χ3n) is 1.74. The number of nitrogens with two attached hydrogens (primary N) is 1. The van der Waals surface area contributed by atoms with Crippen LogP contribution in [0.4, 0.5) is 0 Å². The first-order chi connectivity index (χ1) is 6.79. The molecular weight excluding hydrogens is 180 g/mol. The first-order valence-electron chi connectivity index (χ1n) is 4.21. The van der Waals surface area contributed by atoms with Crippen LogP contribution in [0.5, 0.6) is 0 Å². The highest BCUT2D eigenvalue weighted by molar-refractivity contribution is 5.18. The summed E-state index contributed by atoms with van der Waals surface area (Å²) in [6.45, 7) is 2.20. The fourth-order valence-corrected chi connectivity index (χ4v) is 1.02. The van der Waals surface area contributed by atoms with Crippen LogP contribution in [-0.2, 0) is 6.54 Å². The zero-order valence-corrected chi connectivity index (χ0v) is 7.75. The van der Waals surface area contributed by atoms with E-state index < -0.39 is 0 Å². The lowest BCUT2D eigenvalue weighted by atomic mass is 10.4. The van der Waals surface area contributed by atoms with Gasteiger partial charge in [-0.2, -0.15) is 5.10 Å². The number of rotatable bonds is 2. The van der Waals surface area contributed by atoms with E-state index in [1.807, 2.05) is 19.1 Å². The molecule has 0 aromatic carbocycles. The Balaban J connectivity index is 2.34. The first-order valence-corrected chi connectivity index (χ1v) is 4.21. The Labute approximate surface area is 80.8 Å². The van der Waals surface area contributed by atoms with Gasteiger partial charge < -0.3 is 5.73 Å². The van der Waals surface area contributed by atoms with Crippen LogP contribution in [0, 0.1) is 6.92 Å². The highest BCUT2D eigenvalue weighted by Gasteiger charge is 2.01. The van der Waals surface area contributed by atoms with Gasteiger partial charge in [-0.15, -0.1) is 10.2 Å². The Bertz CT molecular complexity index is 418. The molecule has 2 aromatic rings. The molecule has 0 radical (unpaired) electrons. The Morgan fingerprint density at radius 3 is 2.79 bits per heavy atom. The minimum Gasteiger partial charge on any atom is -0.324 e. The summed E-state index contributed by atoms with van der Waals surface area (Å²) >= 11 is 0. The van der Waals surface area contributed by atoms with Crippen molar-refractivity contribution in [3.8, 4) is 5.82 Å². The average Bonchev–Trinajstić information content (AvgIpc) is 2.67. The number of hydrogen-bond donors (Lipinski definition) is 1. The molecule has 6 nitrogen and oxygen atoms in total. The second-order valence-corrected chi connectivity index (χ2v) is 2.84. The molecule has 14 heavy (non-hydrogen) atoms. The van der Waals surface area contributed by atoms with Crippen molar-refractivity contribution in [1.29, 1.82) is 0 Å². The van der Waals surface area contributed by atoms with Crippen LogP contribution in [0.2, 0.25) is 0 Å². The lowest BCUT2D eigenvalue weighted by Crippen LogP contribution is -2.03. The summed E-state index contributed by atoms with van der Waals surface area (Å²) in [6, 6.07) is 3.70. The number of aromatic nitrogens is 5. The van der Waals surface area contributed by atoms with E-state index in [4.69, 9.17) is 5.73 Å².